The van der Waals surface area contributed by atoms with Crippen LogP contribution in [0.25, 0.3) is 22.4 Å². The van der Waals surface area contributed by atoms with Gasteiger partial charge in [-0.3, -0.25) is 0 Å². The first-order chi connectivity index (χ1) is 9.28. The molecule has 0 fully saturated rings. The molecule has 0 unspecified atom stereocenters. The summed E-state index contributed by atoms with van der Waals surface area (Å²) < 4.78 is 0. The summed E-state index contributed by atoms with van der Waals surface area (Å²) in [5.41, 5.74) is 10.3. The van der Waals surface area contributed by atoms with Crippen LogP contribution in [0.4, 0.5) is 5.95 Å². The Hall–Kier alpha value is -2.43. The van der Waals surface area contributed by atoms with Crippen LogP contribution in [-0.4, -0.2) is 19.9 Å². The first-order valence-electron chi connectivity index (χ1n) is 6.34. The minimum Gasteiger partial charge on any atom is -0.368 e. The van der Waals surface area contributed by atoms with Crippen LogP contribution in [0.1, 0.15) is 18.9 Å². The molecule has 0 saturated carbocycles. The molecular formula is C14H15N5. The number of rotatable bonds is 3. The Morgan fingerprint density at radius 2 is 2.16 bits per heavy atom. The molecule has 19 heavy (non-hydrogen) atoms. The fourth-order valence-corrected chi connectivity index (χ4v) is 2.22. The van der Waals surface area contributed by atoms with Gasteiger partial charge in [0.15, 0.2) is 5.65 Å². The Balaban J connectivity index is 2.18. The highest BCUT2D eigenvalue weighted by Crippen LogP contribution is 2.25. The lowest BCUT2D eigenvalue weighted by Crippen LogP contribution is -1.98. The van der Waals surface area contributed by atoms with Crippen LogP contribution in [0.15, 0.2) is 30.6 Å². The lowest BCUT2D eigenvalue weighted by Gasteiger charge is -2.05. The average molecular weight is 253 g/mol. The Morgan fingerprint density at radius 3 is 3.00 bits per heavy atom. The molecule has 0 aliphatic rings. The monoisotopic (exact) mass is 253 g/mol. The molecule has 3 rings (SSSR count). The van der Waals surface area contributed by atoms with E-state index in [0.717, 1.165) is 29.6 Å². The highest BCUT2D eigenvalue weighted by atomic mass is 15.1. The number of aryl methyl sites for hydroxylation is 1. The predicted molar refractivity (Wildman–Crippen MR) is 75.5 cm³/mol. The van der Waals surface area contributed by atoms with Gasteiger partial charge in [0.1, 0.15) is 11.2 Å². The van der Waals surface area contributed by atoms with Gasteiger partial charge < -0.3 is 10.7 Å². The predicted octanol–water partition coefficient (Wildman–Crippen LogP) is 2.55. The van der Waals surface area contributed by atoms with E-state index in [2.05, 4.69) is 39.0 Å². The highest BCUT2D eigenvalue weighted by Gasteiger charge is 2.10. The van der Waals surface area contributed by atoms with Crippen LogP contribution in [0, 0.1) is 0 Å². The van der Waals surface area contributed by atoms with Gasteiger partial charge in [0.05, 0.1) is 6.33 Å². The van der Waals surface area contributed by atoms with Crippen LogP contribution >= 0.6 is 0 Å². The second kappa shape index (κ2) is 4.68. The van der Waals surface area contributed by atoms with Crippen LogP contribution in [-0.2, 0) is 6.42 Å². The number of hydrogen-bond acceptors (Lipinski definition) is 4. The fraction of sp³-hybridized carbons (Fsp3) is 0.214. The van der Waals surface area contributed by atoms with Gasteiger partial charge in [0.2, 0.25) is 5.95 Å². The van der Waals surface area contributed by atoms with Crippen molar-refractivity contribution in [3.63, 3.8) is 0 Å². The van der Waals surface area contributed by atoms with E-state index in [4.69, 9.17) is 5.73 Å². The number of anilines is 1. The molecule has 0 aliphatic heterocycles. The largest absolute Gasteiger partial charge is 0.368 e. The fourth-order valence-electron chi connectivity index (χ4n) is 2.22. The molecule has 5 heteroatoms. The number of benzene rings is 1. The number of H-pyrrole nitrogens is 1. The van der Waals surface area contributed by atoms with Crippen LogP contribution in [0.2, 0.25) is 0 Å². The van der Waals surface area contributed by atoms with Crippen LogP contribution in [0.5, 0.6) is 0 Å². The van der Waals surface area contributed by atoms with Crippen molar-refractivity contribution in [2.45, 2.75) is 19.8 Å². The summed E-state index contributed by atoms with van der Waals surface area (Å²) in [7, 11) is 0. The Kier molecular flexibility index (Phi) is 2.87. The SMILES string of the molecule is CCCc1cccc(-c2nc(N)nc3nc[nH]c23)c1. The van der Waals surface area contributed by atoms with Gasteiger partial charge in [-0.25, -0.2) is 9.97 Å². The van der Waals surface area contributed by atoms with Gasteiger partial charge in [-0.1, -0.05) is 31.5 Å². The second-order valence-electron chi connectivity index (χ2n) is 4.48. The third-order valence-electron chi connectivity index (χ3n) is 3.04. The number of nitrogens with zero attached hydrogens (tertiary/aromatic N) is 3. The number of nitrogens with two attached hydrogens (primary N) is 1. The van der Waals surface area contributed by atoms with Crippen molar-refractivity contribution in [2.24, 2.45) is 0 Å². The molecule has 0 atom stereocenters. The molecule has 1 aromatic carbocycles. The highest BCUT2D eigenvalue weighted by molar-refractivity contribution is 5.87. The van der Waals surface area contributed by atoms with Gasteiger partial charge in [-0.15, -0.1) is 0 Å². The Bertz CT molecular complexity index is 717. The second-order valence-corrected chi connectivity index (χ2v) is 4.48. The molecule has 0 aliphatic carbocycles. The topological polar surface area (TPSA) is 80.5 Å². The van der Waals surface area contributed by atoms with Crippen molar-refractivity contribution in [1.29, 1.82) is 0 Å². The van der Waals surface area contributed by atoms with E-state index in [-0.39, 0.29) is 5.95 Å². The summed E-state index contributed by atoms with van der Waals surface area (Å²) in [6.45, 7) is 2.17. The molecular weight excluding hydrogens is 238 g/mol. The lowest BCUT2D eigenvalue weighted by molar-refractivity contribution is 0.922. The van der Waals surface area contributed by atoms with Gasteiger partial charge >= 0.3 is 0 Å². The van der Waals surface area contributed by atoms with Crippen molar-refractivity contribution in [2.75, 3.05) is 5.73 Å². The number of aromatic nitrogens is 4. The molecule has 0 saturated heterocycles. The Labute approximate surface area is 110 Å². The van der Waals surface area contributed by atoms with E-state index in [0.29, 0.717) is 5.65 Å². The zero-order chi connectivity index (χ0) is 13.2. The molecule has 3 aromatic rings. The summed E-state index contributed by atoms with van der Waals surface area (Å²) in [4.78, 5) is 15.7. The quantitative estimate of drug-likeness (QED) is 0.751. The normalized spacial score (nSPS) is 11.0. The maximum Gasteiger partial charge on any atom is 0.222 e. The van der Waals surface area contributed by atoms with Crippen molar-refractivity contribution in [1.82, 2.24) is 19.9 Å². The molecule has 0 spiro atoms. The first-order valence-corrected chi connectivity index (χ1v) is 6.34. The number of aromatic amines is 1. The minimum atomic E-state index is 0.246. The van der Waals surface area contributed by atoms with Crippen molar-refractivity contribution >= 4 is 17.1 Å². The van der Waals surface area contributed by atoms with E-state index in [1.165, 1.54) is 5.56 Å². The van der Waals surface area contributed by atoms with Gasteiger partial charge in [-0.05, 0) is 18.1 Å². The molecule has 2 aromatic heterocycles. The van der Waals surface area contributed by atoms with E-state index in [1.54, 1.807) is 6.33 Å². The third-order valence-corrected chi connectivity index (χ3v) is 3.04. The van der Waals surface area contributed by atoms with Crippen LogP contribution in [0.3, 0.4) is 0 Å². The van der Waals surface area contributed by atoms with E-state index in [1.807, 2.05) is 12.1 Å². The average Bonchev–Trinajstić information content (AvgIpc) is 2.86. The molecule has 5 nitrogen and oxygen atoms in total. The molecule has 96 valence electrons. The van der Waals surface area contributed by atoms with Crippen LogP contribution < -0.4 is 5.73 Å². The number of hydrogen-bond donors (Lipinski definition) is 2. The molecule has 0 amide bonds. The molecule has 3 N–H and O–H groups in total. The smallest absolute Gasteiger partial charge is 0.222 e. The van der Waals surface area contributed by atoms with Gasteiger partial charge in [0.25, 0.3) is 0 Å². The number of nitrogens with one attached hydrogen (secondary N) is 1. The van der Waals surface area contributed by atoms with Crippen molar-refractivity contribution in [3.8, 4) is 11.3 Å². The summed E-state index contributed by atoms with van der Waals surface area (Å²) in [6.07, 6.45) is 3.79. The lowest BCUT2D eigenvalue weighted by atomic mass is 10.0. The van der Waals surface area contributed by atoms with E-state index < -0.39 is 0 Å². The molecule has 2 heterocycles. The van der Waals surface area contributed by atoms with E-state index >= 15 is 0 Å². The number of imidazole rings is 1. The number of nitrogen functional groups attached to an aromatic ring is 1. The maximum atomic E-state index is 5.74. The zero-order valence-electron chi connectivity index (χ0n) is 10.7. The maximum absolute atomic E-state index is 5.74. The summed E-state index contributed by atoms with van der Waals surface area (Å²) in [5, 5.41) is 0. The first kappa shape index (κ1) is 11.6. The molecule has 0 radical (unpaired) electrons. The Morgan fingerprint density at radius 1 is 1.26 bits per heavy atom. The summed E-state index contributed by atoms with van der Waals surface area (Å²) in [6, 6.07) is 8.34. The summed E-state index contributed by atoms with van der Waals surface area (Å²) >= 11 is 0. The summed E-state index contributed by atoms with van der Waals surface area (Å²) in [5.74, 6) is 0.246. The van der Waals surface area contributed by atoms with E-state index in [9.17, 15) is 0 Å². The standard InChI is InChI=1S/C14H15N5/c1-2-4-9-5-3-6-10(7-9)11-12-13(17-8-16-12)19-14(15)18-11/h3,5-8H,2,4H2,1H3,(H3,15,16,17,18,19). The third kappa shape index (κ3) is 2.14. The molecule has 0 bridgehead atoms. The zero-order valence-corrected chi connectivity index (χ0v) is 10.7. The minimum absolute atomic E-state index is 0.246. The van der Waals surface area contributed by atoms with Crippen molar-refractivity contribution < 1.29 is 0 Å². The van der Waals surface area contributed by atoms with Gasteiger partial charge in [-0.2, -0.15) is 4.98 Å². The number of fused-ring (bicyclic) bond motifs is 1. The van der Waals surface area contributed by atoms with Crippen molar-refractivity contribution in [3.05, 3.63) is 36.2 Å². The van der Waals surface area contributed by atoms with Gasteiger partial charge in [0, 0.05) is 5.56 Å².